The molecular formula is C22H35N3O5. The molecule has 8 heteroatoms. The molecule has 1 aliphatic heterocycles. The summed E-state index contributed by atoms with van der Waals surface area (Å²) in [6.45, 7) is 11.8. The summed E-state index contributed by atoms with van der Waals surface area (Å²) in [4.78, 5) is 37.9. The van der Waals surface area contributed by atoms with Crippen molar-refractivity contribution in [2.75, 3.05) is 26.3 Å². The van der Waals surface area contributed by atoms with Crippen LogP contribution in [0.15, 0.2) is 6.07 Å². The molecule has 1 aromatic heterocycles. The first-order valence-electron chi connectivity index (χ1n) is 10.9. The van der Waals surface area contributed by atoms with Crippen molar-refractivity contribution in [1.29, 1.82) is 0 Å². The number of amides is 1. The van der Waals surface area contributed by atoms with E-state index in [0.717, 1.165) is 18.5 Å². The molecule has 1 aromatic rings. The minimum Gasteiger partial charge on any atom is -0.466 e. The Hall–Kier alpha value is -2.38. The third-order valence-electron chi connectivity index (χ3n) is 5.23. The average Bonchev–Trinajstić information content (AvgIpc) is 3.14. The zero-order chi connectivity index (χ0) is 22.3. The van der Waals surface area contributed by atoms with Gasteiger partial charge in [0, 0.05) is 37.0 Å². The fourth-order valence-electron chi connectivity index (χ4n) is 3.67. The van der Waals surface area contributed by atoms with Crippen molar-refractivity contribution >= 4 is 17.8 Å². The van der Waals surface area contributed by atoms with Crippen LogP contribution in [0.3, 0.4) is 0 Å². The lowest BCUT2D eigenvalue weighted by atomic mass is 9.91. The van der Waals surface area contributed by atoms with Gasteiger partial charge < -0.3 is 14.4 Å². The van der Waals surface area contributed by atoms with E-state index in [1.165, 1.54) is 0 Å². The van der Waals surface area contributed by atoms with Crippen LogP contribution in [0.2, 0.25) is 0 Å². The Balaban J connectivity index is 1.98. The van der Waals surface area contributed by atoms with E-state index in [1.54, 1.807) is 13.8 Å². The van der Waals surface area contributed by atoms with Crippen molar-refractivity contribution in [3.05, 3.63) is 17.5 Å². The van der Waals surface area contributed by atoms with E-state index in [9.17, 15) is 14.4 Å². The van der Waals surface area contributed by atoms with E-state index in [4.69, 9.17) is 9.47 Å². The van der Waals surface area contributed by atoms with Crippen LogP contribution in [-0.2, 0) is 24.5 Å². The quantitative estimate of drug-likeness (QED) is 0.599. The second-order valence-electron chi connectivity index (χ2n) is 8.60. The number of aromatic nitrogens is 2. The Morgan fingerprint density at radius 1 is 1.07 bits per heavy atom. The van der Waals surface area contributed by atoms with Gasteiger partial charge >= 0.3 is 11.9 Å². The number of hydrogen-bond acceptors (Lipinski definition) is 6. The maximum absolute atomic E-state index is 12.5. The number of esters is 2. The molecule has 2 rings (SSSR count). The third kappa shape index (κ3) is 6.31. The van der Waals surface area contributed by atoms with Crippen molar-refractivity contribution in [2.45, 2.75) is 78.2 Å². The number of nitrogens with zero attached hydrogens (tertiary/aromatic N) is 3. The first kappa shape index (κ1) is 23.9. The lowest BCUT2D eigenvalue weighted by Gasteiger charge is -2.34. The molecule has 8 nitrogen and oxygen atoms in total. The molecule has 0 N–H and O–H groups in total. The third-order valence-corrected chi connectivity index (χ3v) is 5.23. The zero-order valence-electron chi connectivity index (χ0n) is 18.9. The molecule has 30 heavy (non-hydrogen) atoms. The molecule has 0 aromatic carbocycles. The molecule has 1 aliphatic rings. The number of hydrogen-bond donors (Lipinski definition) is 0. The lowest BCUT2D eigenvalue weighted by molar-refractivity contribution is -0.143. The topological polar surface area (TPSA) is 90.7 Å². The Morgan fingerprint density at radius 2 is 1.70 bits per heavy atom. The Labute approximate surface area is 178 Å². The number of likely N-dealkylation sites (tertiary alicyclic amines) is 1. The SMILES string of the molecule is CCOC(=O)CCCC(=O)N1CCC(n2nc(C(=O)OCC)cc2C(C)(C)C)CC1. The van der Waals surface area contributed by atoms with E-state index < -0.39 is 5.97 Å². The lowest BCUT2D eigenvalue weighted by Crippen LogP contribution is -2.40. The van der Waals surface area contributed by atoms with Crippen LogP contribution in [0.25, 0.3) is 0 Å². The molecule has 0 saturated carbocycles. The van der Waals surface area contributed by atoms with E-state index >= 15 is 0 Å². The monoisotopic (exact) mass is 421 g/mol. The number of rotatable bonds is 8. The van der Waals surface area contributed by atoms with E-state index in [2.05, 4.69) is 25.9 Å². The molecule has 0 atom stereocenters. The number of carbonyl (C=O) groups excluding carboxylic acids is 3. The predicted molar refractivity (Wildman–Crippen MR) is 112 cm³/mol. The second kappa shape index (κ2) is 10.6. The minimum atomic E-state index is -0.407. The summed E-state index contributed by atoms with van der Waals surface area (Å²) in [5, 5.41) is 4.56. The highest BCUT2D eigenvalue weighted by atomic mass is 16.5. The average molecular weight is 422 g/mol. The Morgan fingerprint density at radius 3 is 2.27 bits per heavy atom. The molecule has 1 amide bonds. The number of ether oxygens (including phenoxy) is 2. The van der Waals surface area contributed by atoms with Crippen LogP contribution in [0.5, 0.6) is 0 Å². The maximum atomic E-state index is 12.5. The number of carbonyl (C=O) groups is 3. The maximum Gasteiger partial charge on any atom is 0.358 e. The van der Waals surface area contributed by atoms with Crippen LogP contribution in [0.4, 0.5) is 0 Å². The van der Waals surface area contributed by atoms with Crippen molar-refractivity contribution in [1.82, 2.24) is 14.7 Å². The van der Waals surface area contributed by atoms with Gasteiger partial charge in [-0.15, -0.1) is 0 Å². The summed E-state index contributed by atoms with van der Waals surface area (Å²) in [7, 11) is 0. The van der Waals surface area contributed by atoms with Crippen molar-refractivity contribution in [2.24, 2.45) is 0 Å². The predicted octanol–water partition coefficient (Wildman–Crippen LogP) is 3.25. The molecule has 0 aliphatic carbocycles. The first-order valence-corrected chi connectivity index (χ1v) is 10.9. The van der Waals surface area contributed by atoms with Crippen LogP contribution >= 0.6 is 0 Å². The van der Waals surface area contributed by atoms with E-state index in [0.29, 0.717) is 44.8 Å². The standard InChI is InChI=1S/C22H35N3O5/c1-6-29-20(27)10-8-9-19(26)24-13-11-16(12-14-24)25-18(22(3,4)5)15-17(23-25)21(28)30-7-2/h15-16H,6-14H2,1-5H3. The van der Waals surface area contributed by atoms with E-state index in [-0.39, 0.29) is 29.8 Å². The van der Waals surface area contributed by atoms with Gasteiger partial charge in [0.2, 0.25) is 5.91 Å². The summed E-state index contributed by atoms with van der Waals surface area (Å²) in [6.07, 6.45) is 2.68. The number of piperidine rings is 1. The molecule has 0 bridgehead atoms. The van der Waals surface area contributed by atoms with E-state index in [1.807, 2.05) is 15.6 Å². The van der Waals surface area contributed by atoms with Gasteiger partial charge in [-0.1, -0.05) is 20.8 Å². The molecule has 0 unspecified atom stereocenters. The molecule has 0 radical (unpaired) electrons. The van der Waals surface area contributed by atoms with Gasteiger partial charge in [0.25, 0.3) is 0 Å². The summed E-state index contributed by atoms with van der Waals surface area (Å²) in [6, 6.07) is 1.95. The molecular weight excluding hydrogens is 386 g/mol. The smallest absolute Gasteiger partial charge is 0.358 e. The van der Waals surface area contributed by atoms with Gasteiger partial charge in [-0.2, -0.15) is 5.10 Å². The van der Waals surface area contributed by atoms with Gasteiger partial charge in [-0.05, 0) is 39.2 Å². The highest BCUT2D eigenvalue weighted by molar-refractivity contribution is 5.87. The van der Waals surface area contributed by atoms with Gasteiger partial charge in [0.15, 0.2) is 5.69 Å². The summed E-state index contributed by atoms with van der Waals surface area (Å²) in [5.74, 6) is -0.591. The minimum absolute atomic E-state index is 0.0708. The normalized spacial score (nSPS) is 15.2. The molecule has 1 saturated heterocycles. The summed E-state index contributed by atoms with van der Waals surface area (Å²) >= 11 is 0. The van der Waals surface area contributed by atoms with Gasteiger partial charge in [-0.3, -0.25) is 14.3 Å². The van der Waals surface area contributed by atoms with Crippen molar-refractivity contribution < 1.29 is 23.9 Å². The fraction of sp³-hybridized carbons (Fsp3) is 0.727. The molecule has 2 heterocycles. The van der Waals surface area contributed by atoms with Gasteiger partial charge in [0.05, 0.1) is 19.3 Å². The Bertz CT molecular complexity index is 742. The van der Waals surface area contributed by atoms with Gasteiger partial charge in [-0.25, -0.2) is 4.79 Å². The first-order chi connectivity index (χ1) is 14.2. The van der Waals surface area contributed by atoms with Crippen molar-refractivity contribution in [3.63, 3.8) is 0 Å². The van der Waals surface area contributed by atoms with Crippen LogP contribution in [0.1, 0.15) is 88.9 Å². The second-order valence-corrected chi connectivity index (χ2v) is 8.60. The molecule has 168 valence electrons. The zero-order valence-corrected chi connectivity index (χ0v) is 18.9. The van der Waals surface area contributed by atoms with Crippen LogP contribution < -0.4 is 0 Å². The van der Waals surface area contributed by atoms with Gasteiger partial charge in [0.1, 0.15) is 0 Å². The van der Waals surface area contributed by atoms with Crippen LogP contribution in [-0.4, -0.2) is 58.8 Å². The molecule has 1 fully saturated rings. The fourth-order valence-corrected chi connectivity index (χ4v) is 3.67. The van der Waals surface area contributed by atoms with Crippen molar-refractivity contribution in [3.8, 4) is 0 Å². The summed E-state index contributed by atoms with van der Waals surface area (Å²) in [5.41, 5.74) is 1.15. The highest BCUT2D eigenvalue weighted by Crippen LogP contribution is 2.31. The Kier molecular flexibility index (Phi) is 8.43. The largest absolute Gasteiger partial charge is 0.466 e. The molecule has 0 spiro atoms. The highest BCUT2D eigenvalue weighted by Gasteiger charge is 2.30. The summed E-state index contributed by atoms with van der Waals surface area (Å²) < 4.78 is 12.0. The van der Waals surface area contributed by atoms with Crippen LogP contribution in [0, 0.1) is 0 Å².